The normalized spacial score (nSPS) is 15.0. The molecule has 0 aromatic rings. The molecule has 6 nitrogen and oxygen atoms in total. The maximum Gasteiger partial charge on any atom is 0.224 e. The summed E-state index contributed by atoms with van der Waals surface area (Å²) < 4.78 is 5.97. The van der Waals surface area contributed by atoms with Crippen molar-refractivity contribution in [2.45, 2.75) is 84.7 Å². The number of hydrogen-bond acceptors (Lipinski definition) is 3. The summed E-state index contributed by atoms with van der Waals surface area (Å²) in [5.74, 6) is 1.00. The summed E-state index contributed by atoms with van der Waals surface area (Å²) in [6.45, 7) is 10.8. The molecule has 0 heterocycles. The molecule has 0 spiro atoms. The minimum Gasteiger partial charge on any atom is -0.378 e. The first kappa shape index (κ1) is 27.4. The second-order valence-corrected chi connectivity index (χ2v) is 7.19. The second-order valence-electron chi connectivity index (χ2n) is 7.19. The van der Waals surface area contributed by atoms with E-state index in [0.29, 0.717) is 19.1 Å². The Balaban J connectivity index is 0.00000729. The summed E-state index contributed by atoms with van der Waals surface area (Å²) >= 11 is 0. The minimum absolute atomic E-state index is 0. The van der Waals surface area contributed by atoms with Gasteiger partial charge in [-0.15, -0.1) is 24.0 Å². The smallest absolute Gasteiger partial charge is 0.224 e. The fourth-order valence-corrected chi connectivity index (χ4v) is 3.43. The number of amides is 1. The Morgan fingerprint density at radius 1 is 1.04 bits per heavy atom. The molecule has 2 N–H and O–H groups in total. The van der Waals surface area contributed by atoms with Gasteiger partial charge in [-0.3, -0.25) is 9.79 Å². The molecule has 0 aromatic heterocycles. The van der Waals surface area contributed by atoms with Crippen molar-refractivity contribution in [3.63, 3.8) is 0 Å². The highest BCUT2D eigenvalue weighted by molar-refractivity contribution is 14.0. The number of aliphatic imine (C=N–C) groups is 1. The molecule has 0 saturated heterocycles. The molecular formula is C21H43IN4O2. The van der Waals surface area contributed by atoms with Gasteiger partial charge in [0.1, 0.15) is 0 Å². The lowest BCUT2D eigenvalue weighted by Gasteiger charge is -2.21. The van der Waals surface area contributed by atoms with Gasteiger partial charge in [-0.25, -0.2) is 0 Å². The van der Waals surface area contributed by atoms with Crippen LogP contribution >= 0.6 is 24.0 Å². The maximum atomic E-state index is 12.0. The Bertz CT molecular complexity index is 411. The molecule has 166 valence electrons. The van der Waals surface area contributed by atoms with Gasteiger partial charge in [0, 0.05) is 45.8 Å². The topological polar surface area (TPSA) is 66.0 Å². The Kier molecular flexibility index (Phi) is 18.1. The number of carbonyl (C=O) groups is 1. The largest absolute Gasteiger partial charge is 0.378 e. The van der Waals surface area contributed by atoms with E-state index in [0.717, 1.165) is 58.0 Å². The van der Waals surface area contributed by atoms with E-state index in [4.69, 9.17) is 4.74 Å². The third-order valence-corrected chi connectivity index (χ3v) is 5.07. The van der Waals surface area contributed by atoms with E-state index in [2.05, 4.69) is 22.5 Å². The monoisotopic (exact) mass is 510 g/mol. The number of nitrogens with one attached hydrogen (secondary N) is 2. The molecule has 0 aliphatic heterocycles. The lowest BCUT2D eigenvalue weighted by atomic mass is 9.98. The lowest BCUT2D eigenvalue weighted by Crippen LogP contribution is -2.40. The Morgan fingerprint density at radius 3 is 2.39 bits per heavy atom. The van der Waals surface area contributed by atoms with Crippen LogP contribution in [0.1, 0.15) is 78.6 Å². The van der Waals surface area contributed by atoms with Crippen LogP contribution in [0.25, 0.3) is 0 Å². The SMILES string of the molecule is CCNC(=NCCCCCOC1CCCCC1)NCCC(=O)N(CC)CC.I. The first-order valence-electron chi connectivity index (χ1n) is 11.1. The summed E-state index contributed by atoms with van der Waals surface area (Å²) in [6, 6.07) is 0. The average molecular weight is 511 g/mol. The molecule has 1 amide bonds. The van der Waals surface area contributed by atoms with Crippen LogP contribution in [0.4, 0.5) is 0 Å². The van der Waals surface area contributed by atoms with Gasteiger partial charge in [0.2, 0.25) is 5.91 Å². The summed E-state index contributed by atoms with van der Waals surface area (Å²) in [5.41, 5.74) is 0. The first-order valence-corrected chi connectivity index (χ1v) is 11.1. The van der Waals surface area contributed by atoms with Crippen molar-refractivity contribution < 1.29 is 9.53 Å². The van der Waals surface area contributed by atoms with E-state index in [1.54, 1.807) is 0 Å². The molecular weight excluding hydrogens is 467 g/mol. The van der Waals surface area contributed by atoms with Gasteiger partial charge in [0.05, 0.1) is 6.10 Å². The zero-order valence-corrected chi connectivity index (χ0v) is 20.6. The van der Waals surface area contributed by atoms with E-state index in [1.807, 2.05) is 18.7 Å². The van der Waals surface area contributed by atoms with E-state index in [-0.39, 0.29) is 29.9 Å². The lowest BCUT2D eigenvalue weighted by molar-refractivity contribution is -0.130. The highest BCUT2D eigenvalue weighted by atomic mass is 127. The number of ether oxygens (including phenoxy) is 1. The van der Waals surface area contributed by atoms with Crippen LogP contribution in [-0.2, 0) is 9.53 Å². The van der Waals surface area contributed by atoms with Crippen molar-refractivity contribution in [1.82, 2.24) is 15.5 Å². The molecule has 0 aromatic carbocycles. The third-order valence-electron chi connectivity index (χ3n) is 5.07. The molecule has 1 saturated carbocycles. The predicted octanol–water partition coefficient (Wildman–Crippen LogP) is 3.94. The van der Waals surface area contributed by atoms with E-state index >= 15 is 0 Å². The molecule has 28 heavy (non-hydrogen) atoms. The maximum absolute atomic E-state index is 12.0. The molecule has 1 aliphatic rings. The van der Waals surface area contributed by atoms with Crippen molar-refractivity contribution in [3.05, 3.63) is 0 Å². The molecule has 0 radical (unpaired) electrons. The van der Waals surface area contributed by atoms with Crippen molar-refractivity contribution >= 4 is 35.8 Å². The zero-order chi connectivity index (χ0) is 19.7. The summed E-state index contributed by atoms with van der Waals surface area (Å²) in [5, 5.41) is 6.51. The molecule has 0 bridgehead atoms. The second kappa shape index (κ2) is 18.5. The average Bonchev–Trinajstić information content (AvgIpc) is 2.69. The predicted molar refractivity (Wildman–Crippen MR) is 129 cm³/mol. The minimum atomic E-state index is 0. The summed E-state index contributed by atoms with van der Waals surface area (Å²) in [4.78, 5) is 18.5. The summed E-state index contributed by atoms with van der Waals surface area (Å²) in [7, 11) is 0. The van der Waals surface area contributed by atoms with Crippen molar-refractivity contribution in [3.8, 4) is 0 Å². The van der Waals surface area contributed by atoms with E-state index < -0.39 is 0 Å². The molecule has 7 heteroatoms. The number of unbranched alkanes of at least 4 members (excludes halogenated alkanes) is 2. The number of nitrogens with zero attached hydrogens (tertiary/aromatic N) is 2. The number of halogens is 1. The first-order chi connectivity index (χ1) is 13.2. The molecule has 1 fully saturated rings. The molecule has 0 unspecified atom stereocenters. The Hall–Kier alpha value is -0.570. The number of hydrogen-bond donors (Lipinski definition) is 2. The zero-order valence-electron chi connectivity index (χ0n) is 18.3. The molecule has 0 atom stereocenters. The Labute approximate surface area is 189 Å². The van der Waals surface area contributed by atoms with Crippen LogP contribution in [-0.4, -0.2) is 62.2 Å². The van der Waals surface area contributed by atoms with Crippen LogP contribution in [0.15, 0.2) is 4.99 Å². The number of guanidine groups is 1. The highest BCUT2D eigenvalue weighted by Crippen LogP contribution is 2.20. The van der Waals surface area contributed by atoms with Gasteiger partial charge in [-0.2, -0.15) is 0 Å². The summed E-state index contributed by atoms with van der Waals surface area (Å²) in [6.07, 6.45) is 10.9. The van der Waals surface area contributed by atoms with Gasteiger partial charge in [0.15, 0.2) is 5.96 Å². The molecule has 1 aliphatic carbocycles. The quantitative estimate of drug-likeness (QED) is 0.171. The highest BCUT2D eigenvalue weighted by Gasteiger charge is 2.13. The van der Waals surface area contributed by atoms with Crippen molar-refractivity contribution in [1.29, 1.82) is 0 Å². The van der Waals surface area contributed by atoms with Gasteiger partial charge >= 0.3 is 0 Å². The Morgan fingerprint density at radius 2 is 1.75 bits per heavy atom. The van der Waals surface area contributed by atoms with Crippen LogP contribution in [0.3, 0.4) is 0 Å². The number of carbonyl (C=O) groups excluding carboxylic acids is 1. The third kappa shape index (κ3) is 12.8. The molecule has 1 rings (SSSR count). The van der Waals surface area contributed by atoms with E-state index in [1.165, 1.54) is 32.1 Å². The van der Waals surface area contributed by atoms with Crippen LogP contribution < -0.4 is 10.6 Å². The van der Waals surface area contributed by atoms with Gasteiger partial charge in [-0.1, -0.05) is 19.3 Å². The fraction of sp³-hybridized carbons (Fsp3) is 0.905. The van der Waals surface area contributed by atoms with Crippen molar-refractivity contribution in [2.24, 2.45) is 4.99 Å². The van der Waals surface area contributed by atoms with Crippen LogP contribution in [0, 0.1) is 0 Å². The number of rotatable bonds is 13. The van der Waals surface area contributed by atoms with E-state index in [9.17, 15) is 4.79 Å². The van der Waals surface area contributed by atoms with Gasteiger partial charge in [-0.05, 0) is 52.9 Å². The van der Waals surface area contributed by atoms with Crippen molar-refractivity contribution in [2.75, 3.05) is 39.3 Å². The van der Waals surface area contributed by atoms with Gasteiger partial charge in [0.25, 0.3) is 0 Å². The fourth-order valence-electron chi connectivity index (χ4n) is 3.43. The standard InChI is InChI=1S/C21H42N4O2.HI/c1-4-22-21(24-17-15-20(26)25(5-2)6-3)23-16-11-8-12-18-27-19-13-9-7-10-14-19;/h19H,4-18H2,1-3H3,(H2,22,23,24);1H. The van der Waals surface area contributed by atoms with Crippen LogP contribution in [0.2, 0.25) is 0 Å². The van der Waals surface area contributed by atoms with Crippen LogP contribution in [0.5, 0.6) is 0 Å². The van der Waals surface area contributed by atoms with Gasteiger partial charge < -0.3 is 20.3 Å².